The molecular weight excluding hydrogens is 182 g/mol. The van der Waals surface area contributed by atoms with Crippen LogP contribution in [0.25, 0.3) is 0 Å². The van der Waals surface area contributed by atoms with Crippen LogP contribution >= 0.6 is 24.8 Å². The van der Waals surface area contributed by atoms with E-state index in [1.807, 2.05) is 0 Å². The molecule has 0 aromatic heterocycles. The molecule has 0 spiro atoms. The molecule has 1 aliphatic carbocycles. The van der Waals surface area contributed by atoms with Crippen molar-refractivity contribution in [2.75, 3.05) is 0 Å². The Hall–Kier alpha value is 0.644. The van der Waals surface area contributed by atoms with Crippen molar-refractivity contribution in [3.8, 4) is 0 Å². The first-order valence-electron chi connectivity index (χ1n) is 1.94. The van der Waals surface area contributed by atoms with Crippen molar-refractivity contribution < 1.29 is 17.4 Å². The summed E-state index contributed by atoms with van der Waals surface area (Å²) in [6, 6.07) is 0. The summed E-state index contributed by atoms with van der Waals surface area (Å²) in [5.74, 6) is 0. The van der Waals surface area contributed by atoms with Gasteiger partial charge in [0.25, 0.3) is 0 Å². The van der Waals surface area contributed by atoms with E-state index in [1.165, 1.54) is 4.28 Å². The van der Waals surface area contributed by atoms with Gasteiger partial charge in [0.15, 0.2) is 0 Å². The number of hydrogen-bond acceptors (Lipinski definition) is 0. The normalized spacial score (nSPS) is 13.8. The summed E-state index contributed by atoms with van der Waals surface area (Å²) in [5.41, 5.74) is 0. The Labute approximate surface area is 71.2 Å². The van der Waals surface area contributed by atoms with E-state index in [1.54, 1.807) is 0 Å². The maximum atomic E-state index is 2.54. The van der Waals surface area contributed by atoms with Crippen molar-refractivity contribution in [1.82, 2.24) is 0 Å². The van der Waals surface area contributed by atoms with Gasteiger partial charge in [-0.1, -0.05) is 0 Å². The molecule has 0 unspecified atom stereocenters. The van der Waals surface area contributed by atoms with E-state index in [0.29, 0.717) is 0 Å². The van der Waals surface area contributed by atoms with Crippen molar-refractivity contribution >= 4 is 24.8 Å². The topological polar surface area (TPSA) is 0 Å². The Morgan fingerprint density at radius 2 is 2.00 bits per heavy atom. The van der Waals surface area contributed by atoms with Crippen LogP contribution in [0, 0.1) is 0 Å². The quantitative estimate of drug-likeness (QED) is 0.547. The Kier molecular flexibility index (Phi) is 8.26. The Morgan fingerprint density at radius 1 is 1.38 bits per heavy atom. The van der Waals surface area contributed by atoms with Crippen LogP contribution in [0.5, 0.6) is 0 Å². The molecule has 46 valence electrons. The standard InChI is InChI=1S/C5H5.2ClH.V/c1-2-4-5-3-1;;;/h1-3H,4H2;2*1H;. The van der Waals surface area contributed by atoms with Gasteiger partial charge >= 0.3 is 46.4 Å². The molecule has 8 heavy (non-hydrogen) atoms. The maximum absolute atomic E-state index is 2.54. The SMILES string of the molecule is Cl.Cl.[V][C]1=CC=CC1. The molecule has 0 aromatic carbocycles. The molecular formula is C5H7Cl2V. The van der Waals surface area contributed by atoms with Crippen LogP contribution in [0.15, 0.2) is 22.5 Å². The van der Waals surface area contributed by atoms with Crippen LogP contribution in [-0.2, 0) is 17.4 Å². The average Bonchev–Trinajstić information content (AvgIpc) is 1.86. The van der Waals surface area contributed by atoms with E-state index in [4.69, 9.17) is 0 Å². The van der Waals surface area contributed by atoms with E-state index in [-0.39, 0.29) is 24.8 Å². The van der Waals surface area contributed by atoms with Crippen LogP contribution in [0.3, 0.4) is 0 Å². The first-order valence-corrected chi connectivity index (χ1v) is 2.64. The monoisotopic (exact) mass is 188 g/mol. The molecule has 1 rings (SSSR count). The predicted molar refractivity (Wildman–Crippen MR) is 36.3 cm³/mol. The van der Waals surface area contributed by atoms with E-state index >= 15 is 0 Å². The second-order valence-electron chi connectivity index (χ2n) is 1.29. The van der Waals surface area contributed by atoms with Gasteiger partial charge in [0, 0.05) is 0 Å². The minimum absolute atomic E-state index is 0. The molecule has 0 fully saturated rings. The first-order chi connectivity index (χ1) is 2.89. The van der Waals surface area contributed by atoms with Crippen molar-refractivity contribution in [2.24, 2.45) is 0 Å². The fraction of sp³-hybridized carbons (Fsp3) is 0.200. The average molecular weight is 189 g/mol. The summed E-state index contributed by atoms with van der Waals surface area (Å²) < 4.78 is 1.41. The fourth-order valence-electron chi connectivity index (χ4n) is 0.436. The molecule has 0 amide bonds. The molecule has 0 saturated heterocycles. The van der Waals surface area contributed by atoms with Crippen LogP contribution in [-0.4, -0.2) is 0 Å². The third-order valence-electron chi connectivity index (χ3n) is 0.752. The van der Waals surface area contributed by atoms with Crippen LogP contribution < -0.4 is 0 Å². The summed E-state index contributed by atoms with van der Waals surface area (Å²) in [6.07, 6.45) is 7.47. The van der Waals surface area contributed by atoms with E-state index < -0.39 is 0 Å². The summed E-state index contributed by atoms with van der Waals surface area (Å²) in [4.78, 5) is 0. The Bertz CT molecular complexity index is 107. The van der Waals surface area contributed by atoms with E-state index in [2.05, 4.69) is 35.7 Å². The first kappa shape index (κ1) is 11.4. The summed E-state index contributed by atoms with van der Waals surface area (Å²) in [6.45, 7) is 0. The van der Waals surface area contributed by atoms with Gasteiger partial charge in [0.05, 0.1) is 0 Å². The second kappa shape index (κ2) is 5.78. The van der Waals surface area contributed by atoms with Gasteiger partial charge in [-0.3, -0.25) is 0 Å². The van der Waals surface area contributed by atoms with Crippen LogP contribution in [0.2, 0.25) is 0 Å². The predicted octanol–water partition coefficient (Wildman–Crippen LogP) is 2.22. The number of rotatable bonds is 0. The van der Waals surface area contributed by atoms with Crippen molar-refractivity contribution in [3.63, 3.8) is 0 Å². The summed E-state index contributed by atoms with van der Waals surface area (Å²) in [7, 11) is 0. The van der Waals surface area contributed by atoms with Gasteiger partial charge in [-0.05, 0) is 0 Å². The van der Waals surface area contributed by atoms with Gasteiger partial charge in [-0.2, -0.15) is 0 Å². The molecule has 0 aromatic rings. The molecule has 0 nitrogen and oxygen atoms in total. The van der Waals surface area contributed by atoms with Gasteiger partial charge in [0.2, 0.25) is 0 Å². The van der Waals surface area contributed by atoms with Crippen molar-refractivity contribution in [2.45, 2.75) is 6.42 Å². The molecule has 0 N–H and O–H groups in total. The molecule has 0 heterocycles. The zero-order chi connectivity index (χ0) is 4.41. The van der Waals surface area contributed by atoms with Crippen molar-refractivity contribution in [3.05, 3.63) is 22.5 Å². The molecule has 0 bridgehead atoms. The van der Waals surface area contributed by atoms with E-state index in [9.17, 15) is 0 Å². The number of hydrogen-bond donors (Lipinski definition) is 0. The third kappa shape index (κ3) is 3.62. The molecule has 0 atom stereocenters. The fourth-order valence-corrected chi connectivity index (χ4v) is 0.735. The molecule has 0 radical (unpaired) electrons. The van der Waals surface area contributed by atoms with Crippen LogP contribution in [0.4, 0.5) is 0 Å². The minimum atomic E-state index is 0. The summed E-state index contributed by atoms with van der Waals surface area (Å²) in [5, 5.41) is 0. The molecule has 0 saturated carbocycles. The van der Waals surface area contributed by atoms with Gasteiger partial charge < -0.3 is 0 Å². The van der Waals surface area contributed by atoms with Gasteiger partial charge in [0.1, 0.15) is 0 Å². The van der Waals surface area contributed by atoms with Crippen LogP contribution in [0.1, 0.15) is 6.42 Å². The van der Waals surface area contributed by atoms with Crippen molar-refractivity contribution in [1.29, 1.82) is 0 Å². The Morgan fingerprint density at radius 3 is 2.12 bits per heavy atom. The second-order valence-corrected chi connectivity index (χ2v) is 2.19. The van der Waals surface area contributed by atoms with Gasteiger partial charge in [-0.15, -0.1) is 24.8 Å². The number of halogens is 2. The van der Waals surface area contributed by atoms with Gasteiger partial charge in [-0.25, -0.2) is 0 Å². The zero-order valence-corrected chi connectivity index (χ0v) is 7.23. The Balaban J connectivity index is 0. The molecule has 1 aliphatic rings. The van der Waals surface area contributed by atoms with E-state index in [0.717, 1.165) is 6.42 Å². The summed E-state index contributed by atoms with van der Waals surface area (Å²) >= 11 is 2.54. The third-order valence-corrected chi connectivity index (χ3v) is 1.27. The molecule has 3 heteroatoms. The molecule has 0 aliphatic heterocycles. The number of allylic oxidation sites excluding steroid dienone is 4. The zero-order valence-electron chi connectivity index (χ0n) is 4.20.